The van der Waals surface area contributed by atoms with E-state index in [1.165, 1.54) is 112 Å². The molecular weight excluding hydrogens is 531 g/mol. The number of benzene rings is 5. The van der Waals surface area contributed by atoms with E-state index in [1.54, 1.807) is 0 Å². The Bertz CT molecular complexity index is 1860. The highest BCUT2D eigenvalue weighted by molar-refractivity contribution is 7.00. The summed E-state index contributed by atoms with van der Waals surface area (Å²) < 4.78 is 0. The van der Waals surface area contributed by atoms with Crippen LogP contribution in [-0.2, 0) is 0 Å². The summed E-state index contributed by atoms with van der Waals surface area (Å²) in [6.07, 6.45) is 0. The standard InChI is InChI=1S/C41H43BN2/c1-22-12-39-41-40(13-22)44(34-16-29(8)32(11)30(9)17-34)38-21-26(5)24(3)19-36(38)42(41)35-18-23(2)25(4)20-37(35)43(39)33-14-27(6)31(10)28(7)15-33/h12-21H,1-11H3. The van der Waals surface area contributed by atoms with Crippen molar-refractivity contribution < 1.29 is 0 Å². The first-order valence-corrected chi connectivity index (χ1v) is 16.0. The van der Waals surface area contributed by atoms with Crippen molar-refractivity contribution in [3.8, 4) is 0 Å². The highest BCUT2D eigenvalue weighted by Crippen LogP contribution is 2.46. The third-order valence-electron chi connectivity index (χ3n) is 10.8. The monoisotopic (exact) mass is 574 g/mol. The van der Waals surface area contributed by atoms with E-state index in [0.717, 1.165) is 0 Å². The highest BCUT2D eigenvalue weighted by Gasteiger charge is 2.44. The molecular formula is C41H43BN2. The van der Waals surface area contributed by atoms with Gasteiger partial charge in [0.25, 0.3) is 6.71 Å². The topological polar surface area (TPSA) is 6.48 Å². The van der Waals surface area contributed by atoms with Gasteiger partial charge in [-0.3, -0.25) is 0 Å². The Hall–Kier alpha value is -4.24. The lowest BCUT2D eigenvalue weighted by Gasteiger charge is -2.45. The van der Waals surface area contributed by atoms with E-state index in [9.17, 15) is 0 Å². The molecule has 0 saturated carbocycles. The molecule has 0 unspecified atom stereocenters. The molecule has 0 spiro atoms. The van der Waals surface area contributed by atoms with E-state index in [2.05, 4.69) is 147 Å². The molecule has 0 N–H and O–H groups in total. The Kier molecular flexibility index (Phi) is 6.41. The number of aryl methyl sites for hydroxylation is 9. The summed E-state index contributed by atoms with van der Waals surface area (Å²) in [4.78, 5) is 5.11. The Labute approximate surface area is 264 Å². The first-order valence-electron chi connectivity index (χ1n) is 16.0. The van der Waals surface area contributed by atoms with Crippen LogP contribution in [0.1, 0.15) is 61.2 Å². The zero-order valence-electron chi connectivity index (χ0n) is 28.2. The lowest BCUT2D eigenvalue weighted by molar-refractivity contribution is 1.18. The molecule has 0 radical (unpaired) electrons. The minimum Gasteiger partial charge on any atom is -0.311 e. The molecule has 2 heterocycles. The van der Waals surface area contributed by atoms with Crippen molar-refractivity contribution in [3.63, 3.8) is 0 Å². The van der Waals surface area contributed by atoms with E-state index < -0.39 is 0 Å². The molecule has 0 aliphatic carbocycles. The van der Waals surface area contributed by atoms with Crippen LogP contribution in [0.25, 0.3) is 0 Å². The van der Waals surface area contributed by atoms with Crippen LogP contribution in [0.2, 0.25) is 0 Å². The summed E-state index contributed by atoms with van der Waals surface area (Å²) in [7, 11) is 0. The van der Waals surface area contributed by atoms with Crippen LogP contribution in [0.15, 0.2) is 60.7 Å². The molecule has 220 valence electrons. The summed E-state index contributed by atoms with van der Waals surface area (Å²) in [6, 6.07) is 24.2. The minimum absolute atomic E-state index is 0.150. The fourth-order valence-electron chi connectivity index (χ4n) is 7.50. The lowest BCUT2D eigenvalue weighted by atomic mass is 9.33. The van der Waals surface area contributed by atoms with Gasteiger partial charge in [0.15, 0.2) is 0 Å². The molecule has 0 atom stereocenters. The van der Waals surface area contributed by atoms with Crippen molar-refractivity contribution in [3.05, 3.63) is 122 Å². The van der Waals surface area contributed by atoms with E-state index in [4.69, 9.17) is 0 Å². The number of nitrogens with zero attached hydrogens (tertiary/aromatic N) is 2. The number of anilines is 6. The van der Waals surface area contributed by atoms with Gasteiger partial charge < -0.3 is 9.80 Å². The Morgan fingerprint density at radius 2 is 0.705 bits per heavy atom. The average Bonchev–Trinajstić information content (AvgIpc) is 2.95. The van der Waals surface area contributed by atoms with Gasteiger partial charge >= 0.3 is 0 Å². The smallest absolute Gasteiger partial charge is 0.252 e. The second-order valence-corrected chi connectivity index (χ2v) is 13.7. The molecule has 7 rings (SSSR count). The number of rotatable bonds is 2. The van der Waals surface area contributed by atoms with Gasteiger partial charge in [-0.25, -0.2) is 0 Å². The lowest BCUT2D eigenvalue weighted by Crippen LogP contribution is -2.61. The van der Waals surface area contributed by atoms with Crippen molar-refractivity contribution in [2.24, 2.45) is 0 Å². The maximum absolute atomic E-state index is 2.55. The van der Waals surface area contributed by atoms with Gasteiger partial charge in [0.05, 0.1) is 0 Å². The number of fused-ring (bicyclic) bond motifs is 4. The second-order valence-electron chi connectivity index (χ2n) is 13.7. The zero-order chi connectivity index (χ0) is 31.4. The summed E-state index contributed by atoms with van der Waals surface area (Å²) in [5.41, 5.74) is 26.5. The minimum atomic E-state index is 0.150. The summed E-state index contributed by atoms with van der Waals surface area (Å²) in [5.74, 6) is 0. The summed E-state index contributed by atoms with van der Waals surface area (Å²) in [5, 5.41) is 0. The third-order valence-corrected chi connectivity index (χ3v) is 10.8. The van der Waals surface area contributed by atoms with Crippen molar-refractivity contribution in [2.45, 2.75) is 76.2 Å². The first-order chi connectivity index (χ1) is 20.8. The zero-order valence-corrected chi connectivity index (χ0v) is 28.2. The summed E-state index contributed by atoms with van der Waals surface area (Å²) in [6.45, 7) is 24.9. The fourth-order valence-corrected chi connectivity index (χ4v) is 7.50. The first kappa shape index (κ1) is 28.5. The molecule has 0 amide bonds. The SMILES string of the molecule is Cc1cc2c3c(c1)N(c1cc(C)c(C)c(C)c1)c1cc(C)c(C)cc1B3c1cc(C)c(C)cc1N2c1cc(C)c(C)c(C)c1. The van der Waals surface area contributed by atoms with Crippen LogP contribution in [-0.4, -0.2) is 6.71 Å². The van der Waals surface area contributed by atoms with Crippen molar-refractivity contribution in [1.29, 1.82) is 0 Å². The quantitative estimate of drug-likeness (QED) is 0.190. The second kappa shape index (κ2) is 9.89. The van der Waals surface area contributed by atoms with E-state index in [0.29, 0.717) is 0 Å². The summed E-state index contributed by atoms with van der Waals surface area (Å²) >= 11 is 0. The Morgan fingerprint density at radius 1 is 0.364 bits per heavy atom. The van der Waals surface area contributed by atoms with Gasteiger partial charge in [0.2, 0.25) is 0 Å². The maximum atomic E-state index is 2.55. The fraction of sp³-hybridized carbons (Fsp3) is 0.268. The van der Waals surface area contributed by atoms with Gasteiger partial charge in [0, 0.05) is 34.1 Å². The maximum Gasteiger partial charge on any atom is 0.252 e. The van der Waals surface area contributed by atoms with Gasteiger partial charge in [-0.05, 0) is 202 Å². The van der Waals surface area contributed by atoms with Gasteiger partial charge in [-0.15, -0.1) is 0 Å². The Balaban J connectivity index is 1.63. The third kappa shape index (κ3) is 4.09. The van der Waals surface area contributed by atoms with Crippen molar-refractivity contribution in [2.75, 3.05) is 9.80 Å². The van der Waals surface area contributed by atoms with Crippen LogP contribution in [0.4, 0.5) is 34.1 Å². The van der Waals surface area contributed by atoms with E-state index in [1.807, 2.05) is 0 Å². The predicted molar refractivity (Wildman–Crippen MR) is 193 cm³/mol. The van der Waals surface area contributed by atoms with Gasteiger partial charge in [-0.2, -0.15) is 0 Å². The normalized spacial score (nSPS) is 13.2. The largest absolute Gasteiger partial charge is 0.311 e. The highest BCUT2D eigenvalue weighted by atomic mass is 15.2. The van der Waals surface area contributed by atoms with Crippen molar-refractivity contribution >= 4 is 57.2 Å². The van der Waals surface area contributed by atoms with Crippen LogP contribution in [0.5, 0.6) is 0 Å². The molecule has 44 heavy (non-hydrogen) atoms. The molecule has 5 aromatic rings. The van der Waals surface area contributed by atoms with Crippen LogP contribution < -0.4 is 26.2 Å². The Morgan fingerprint density at radius 3 is 1.07 bits per heavy atom. The van der Waals surface area contributed by atoms with E-state index >= 15 is 0 Å². The van der Waals surface area contributed by atoms with Gasteiger partial charge in [-0.1, -0.05) is 12.1 Å². The molecule has 2 aliphatic rings. The molecule has 3 heteroatoms. The number of hydrogen-bond donors (Lipinski definition) is 0. The molecule has 0 bridgehead atoms. The molecule has 5 aromatic carbocycles. The molecule has 2 aliphatic heterocycles. The van der Waals surface area contributed by atoms with E-state index in [-0.39, 0.29) is 6.71 Å². The van der Waals surface area contributed by atoms with Crippen molar-refractivity contribution in [1.82, 2.24) is 0 Å². The molecule has 0 aromatic heterocycles. The average molecular weight is 575 g/mol. The molecule has 2 nitrogen and oxygen atoms in total. The van der Waals surface area contributed by atoms with Gasteiger partial charge in [0.1, 0.15) is 0 Å². The van der Waals surface area contributed by atoms with Crippen LogP contribution in [0, 0.1) is 76.2 Å². The molecule has 0 saturated heterocycles. The molecule has 0 fully saturated rings. The predicted octanol–water partition coefficient (Wildman–Crippen LogP) is 9.16. The van der Waals surface area contributed by atoms with Crippen LogP contribution >= 0.6 is 0 Å². The number of hydrogen-bond acceptors (Lipinski definition) is 2. The van der Waals surface area contributed by atoms with Crippen LogP contribution in [0.3, 0.4) is 0 Å².